The van der Waals surface area contributed by atoms with E-state index in [9.17, 15) is 18.0 Å². The molecule has 1 rings (SSSR count). The van der Waals surface area contributed by atoms with E-state index in [1.54, 1.807) is 24.6 Å². The van der Waals surface area contributed by atoms with Crippen LogP contribution < -0.4 is 0 Å². The van der Waals surface area contributed by atoms with Gasteiger partial charge in [-0.05, 0) is 44.9 Å². The van der Waals surface area contributed by atoms with Crippen molar-refractivity contribution in [2.75, 3.05) is 24.6 Å². The Morgan fingerprint density at radius 2 is 1.00 bits per heavy atom. The molecule has 1 fully saturated rings. The van der Waals surface area contributed by atoms with Crippen LogP contribution in [0.5, 0.6) is 0 Å². The van der Waals surface area contributed by atoms with Gasteiger partial charge in [-0.3, -0.25) is 14.1 Å². The van der Waals surface area contributed by atoms with Crippen molar-refractivity contribution < 1.29 is 32.8 Å². The molecular formula is C24H48O7PS+. The Kier molecular flexibility index (Phi) is 16.5. The fraction of sp³-hybridized carbons (Fsp3) is 0.917. The molecule has 0 aliphatic heterocycles. The highest BCUT2D eigenvalue weighted by molar-refractivity contribution is 7.86. The van der Waals surface area contributed by atoms with Gasteiger partial charge in [-0.2, -0.15) is 8.42 Å². The maximum Gasteiger partial charge on any atom is 0.306 e. The number of unbranched alkanes of at least 4 members (excludes halogenated alkanes) is 4. The number of carboxylic acids is 2. The van der Waals surface area contributed by atoms with E-state index in [2.05, 4.69) is 27.7 Å². The summed E-state index contributed by atoms with van der Waals surface area (Å²) in [6.07, 6.45) is 17.4. The van der Waals surface area contributed by atoms with Gasteiger partial charge in [0.15, 0.2) is 0 Å². The topological polar surface area (TPSA) is 129 Å². The minimum Gasteiger partial charge on any atom is -0.481 e. The van der Waals surface area contributed by atoms with Crippen LogP contribution in [0.3, 0.4) is 0 Å². The average Bonchev–Trinajstić information content (AvgIpc) is 2.77. The summed E-state index contributed by atoms with van der Waals surface area (Å²) in [6.45, 7) is 9.42. The first-order valence-corrected chi connectivity index (χ1v) is 16.8. The molecular weight excluding hydrogens is 463 g/mol. The Morgan fingerprint density at radius 3 is 1.21 bits per heavy atom. The summed E-state index contributed by atoms with van der Waals surface area (Å²) in [7, 11) is -4.95. The van der Waals surface area contributed by atoms with E-state index in [1.165, 1.54) is 51.4 Å². The third-order valence-electron chi connectivity index (χ3n) is 6.73. The van der Waals surface area contributed by atoms with Crippen molar-refractivity contribution in [3.05, 3.63) is 0 Å². The van der Waals surface area contributed by atoms with Gasteiger partial charge >= 0.3 is 11.9 Å². The van der Waals surface area contributed by atoms with Crippen molar-refractivity contribution in [2.24, 2.45) is 11.8 Å². The lowest BCUT2D eigenvalue weighted by molar-refractivity contribution is -0.147. The van der Waals surface area contributed by atoms with Gasteiger partial charge in [-0.15, -0.1) is 0 Å². The van der Waals surface area contributed by atoms with Gasteiger partial charge in [0, 0.05) is 7.26 Å². The zero-order chi connectivity index (χ0) is 25.5. The average molecular weight is 512 g/mol. The molecule has 2 unspecified atom stereocenters. The molecule has 0 aromatic rings. The Balaban J connectivity index is 0.000000621. The molecule has 7 nitrogen and oxygen atoms in total. The number of rotatable bonds is 15. The lowest BCUT2D eigenvalue weighted by Gasteiger charge is -2.28. The second-order valence-corrected chi connectivity index (χ2v) is 15.7. The molecule has 0 radical (unpaired) electrons. The minimum atomic E-state index is -4.39. The monoisotopic (exact) mass is 511 g/mol. The highest BCUT2D eigenvalue weighted by Crippen LogP contribution is 2.61. The van der Waals surface area contributed by atoms with Crippen LogP contribution >= 0.6 is 7.26 Å². The molecule has 2 atom stereocenters. The molecule has 1 aliphatic carbocycles. The van der Waals surface area contributed by atoms with E-state index >= 15 is 0 Å². The number of hydrogen-bond acceptors (Lipinski definition) is 4. The number of carbonyl (C=O) groups is 2. The first-order chi connectivity index (χ1) is 15.5. The molecule has 33 heavy (non-hydrogen) atoms. The summed E-state index contributed by atoms with van der Waals surface area (Å²) in [5.41, 5.74) is 0. The fourth-order valence-corrected chi connectivity index (χ4v) is 10.8. The lowest BCUT2D eigenvalue weighted by Crippen LogP contribution is -2.38. The normalized spacial score (nSPS) is 21.2. The van der Waals surface area contributed by atoms with Gasteiger partial charge in [0.25, 0.3) is 10.1 Å². The summed E-state index contributed by atoms with van der Waals surface area (Å²) in [5.74, 6) is -4.55. The SMILES string of the molecule is CCCC[P+](CCCC)(CCCC)CCCC.O=C(O)C1CC(C(=O)O)CC(S(=O)(=O)O)C1. The molecule has 0 aromatic heterocycles. The highest BCUT2D eigenvalue weighted by Gasteiger charge is 2.41. The van der Waals surface area contributed by atoms with E-state index in [1.807, 2.05) is 0 Å². The van der Waals surface area contributed by atoms with E-state index in [-0.39, 0.29) is 19.3 Å². The second-order valence-electron chi connectivity index (χ2n) is 9.56. The number of carboxylic acid groups (broad SMARTS) is 2. The fourth-order valence-electron chi connectivity index (χ4n) is 4.56. The van der Waals surface area contributed by atoms with E-state index in [0.29, 0.717) is 0 Å². The van der Waals surface area contributed by atoms with Crippen LogP contribution in [0.4, 0.5) is 0 Å². The van der Waals surface area contributed by atoms with Gasteiger partial charge in [-0.1, -0.05) is 53.4 Å². The van der Waals surface area contributed by atoms with E-state index in [0.717, 1.165) is 0 Å². The molecule has 196 valence electrons. The van der Waals surface area contributed by atoms with Crippen LogP contribution in [0, 0.1) is 11.8 Å². The number of aliphatic carboxylic acids is 2. The van der Waals surface area contributed by atoms with Crippen molar-refractivity contribution in [3.63, 3.8) is 0 Å². The summed E-state index contributed by atoms with van der Waals surface area (Å²) in [4.78, 5) is 21.5. The summed E-state index contributed by atoms with van der Waals surface area (Å²) in [5, 5.41) is 16.2. The van der Waals surface area contributed by atoms with Crippen LogP contribution in [0.1, 0.15) is 98.3 Å². The van der Waals surface area contributed by atoms with Crippen molar-refractivity contribution in [2.45, 2.75) is 104 Å². The summed E-state index contributed by atoms with van der Waals surface area (Å²) < 4.78 is 30.6. The predicted octanol–water partition coefficient (Wildman–Crippen LogP) is 6.03. The maximum absolute atomic E-state index is 10.9. The third-order valence-corrected chi connectivity index (χ3v) is 13.0. The predicted molar refractivity (Wildman–Crippen MR) is 137 cm³/mol. The van der Waals surface area contributed by atoms with E-state index in [4.69, 9.17) is 14.8 Å². The van der Waals surface area contributed by atoms with Crippen LogP contribution in [-0.2, 0) is 19.7 Å². The van der Waals surface area contributed by atoms with Gasteiger partial charge in [0.05, 0.1) is 41.7 Å². The Bertz CT molecular complexity index is 606. The van der Waals surface area contributed by atoms with E-state index < -0.39 is 46.4 Å². The van der Waals surface area contributed by atoms with Crippen molar-refractivity contribution >= 4 is 29.3 Å². The van der Waals surface area contributed by atoms with Crippen LogP contribution in [-0.4, -0.2) is 65.0 Å². The third kappa shape index (κ3) is 13.1. The Morgan fingerprint density at radius 1 is 0.697 bits per heavy atom. The molecule has 0 heterocycles. The molecule has 0 spiro atoms. The van der Waals surface area contributed by atoms with Crippen molar-refractivity contribution in [1.82, 2.24) is 0 Å². The maximum atomic E-state index is 10.9. The zero-order valence-electron chi connectivity index (χ0n) is 21.2. The van der Waals surface area contributed by atoms with Crippen molar-refractivity contribution in [1.29, 1.82) is 0 Å². The summed E-state index contributed by atoms with van der Waals surface area (Å²) in [6, 6.07) is 0. The lowest BCUT2D eigenvalue weighted by atomic mass is 9.81. The number of hydrogen-bond donors (Lipinski definition) is 3. The molecule has 0 saturated heterocycles. The second kappa shape index (κ2) is 16.8. The minimum absolute atomic E-state index is 0.101. The van der Waals surface area contributed by atoms with Gasteiger partial charge < -0.3 is 10.2 Å². The van der Waals surface area contributed by atoms with Gasteiger partial charge in [0.2, 0.25) is 0 Å². The molecule has 3 N–H and O–H groups in total. The molecule has 9 heteroatoms. The Labute approximate surface area is 202 Å². The smallest absolute Gasteiger partial charge is 0.306 e. The molecule has 1 saturated carbocycles. The molecule has 1 aliphatic rings. The zero-order valence-corrected chi connectivity index (χ0v) is 22.9. The molecule has 0 bridgehead atoms. The van der Waals surface area contributed by atoms with Crippen LogP contribution in [0.2, 0.25) is 0 Å². The summed E-state index contributed by atoms with van der Waals surface area (Å²) >= 11 is 0. The standard InChI is InChI=1S/C16H36P.C8H12O7S/c1-5-9-13-17(14-10-6-2,15-11-7-3)16-12-8-4;9-7(10)4-1-5(8(11)12)3-6(2-4)16(13,14)15/h5-16H2,1-4H3;4-6H,1-3H2,(H,9,10)(H,11,12)(H,13,14,15)/q+1;. The van der Waals surface area contributed by atoms with Gasteiger partial charge in [0.1, 0.15) is 0 Å². The van der Waals surface area contributed by atoms with Crippen LogP contribution in [0.25, 0.3) is 0 Å². The highest BCUT2D eigenvalue weighted by atomic mass is 32.2. The van der Waals surface area contributed by atoms with Gasteiger partial charge in [-0.25, -0.2) is 0 Å². The quantitative estimate of drug-likeness (QED) is 0.181. The molecule has 0 amide bonds. The first kappa shape index (κ1) is 32.3. The van der Waals surface area contributed by atoms with Crippen molar-refractivity contribution in [3.8, 4) is 0 Å². The largest absolute Gasteiger partial charge is 0.481 e. The first-order valence-electron chi connectivity index (χ1n) is 12.7. The Hall–Kier alpha value is -0.720. The molecule has 0 aromatic carbocycles. The van der Waals surface area contributed by atoms with Crippen LogP contribution in [0.15, 0.2) is 0 Å².